The highest BCUT2D eigenvalue weighted by Crippen LogP contribution is 2.31. The van der Waals surface area contributed by atoms with Crippen LogP contribution in [0.1, 0.15) is 57.2 Å². The van der Waals surface area contributed by atoms with Crippen molar-refractivity contribution in [2.45, 2.75) is 56.9 Å². The van der Waals surface area contributed by atoms with Crippen molar-refractivity contribution in [3.63, 3.8) is 0 Å². The molecule has 1 unspecified atom stereocenters. The van der Waals surface area contributed by atoms with Crippen LogP contribution in [-0.2, 0) is 0 Å². The van der Waals surface area contributed by atoms with E-state index >= 15 is 0 Å². The van der Waals surface area contributed by atoms with E-state index in [1.54, 1.807) is 0 Å². The standard InChI is InChI=1S/C11H18ClN3O/c1-8(12)9-14-15-10(16-9)13-11(2)6-4-3-5-7-11/h8H,3-7H2,1-2H3,(H,13,15). The Morgan fingerprint density at radius 3 is 2.56 bits per heavy atom. The highest BCUT2D eigenvalue weighted by molar-refractivity contribution is 6.20. The van der Waals surface area contributed by atoms with Gasteiger partial charge in [-0.3, -0.25) is 0 Å². The van der Waals surface area contributed by atoms with Crippen molar-refractivity contribution in [1.82, 2.24) is 10.2 Å². The number of anilines is 1. The Kier molecular flexibility index (Phi) is 3.38. The number of rotatable bonds is 3. The summed E-state index contributed by atoms with van der Waals surface area (Å²) in [7, 11) is 0. The van der Waals surface area contributed by atoms with E-state index < -0.39 is 0 Å². The first-order valence-corrected chi connectivity index (χ1v) is 6.28. The van der Waals surface area contributed by atoms with Crippen molar-refractivity contribution < 1.29 is 4.42 Å². The number of aromatic nitrogens is 2. The van der Waals surface area contributed by atoms with Crippen LogP contribution in [0.25, 0.3) is 0 Å². The summed E-state index contributed by atoms with van der Waals surface area (Å²) in [5, 5.41) is 11.0. The number of hydrogen-bond acceptors (Lipinski definition) is 4. The number of alkyl halides is 1. The Morgan fingerprint density at radius 1 is 1.31 bits per heavy atom. The summed E-state index contributed by atoms with van der Waals surface area (Å²) in [5.74, 6) is 0.476. The Morgan fingerprint density at radius 2 is 2.00 bits per heavy atom. The van der Waals surface area contributed by atoms with Gasteiger partial charge in [0.15, 0.2) is 0 Å². The van der Waals surface area contributed by atoms with Gasteiger partial charge in [-0.05, 0) is 26.7 Å². The third-order valence-electron chi connectivity index (χ3n) is 3.15. The zero-order valence-corrected chi connectivity index (χ0v) is 10.5. The molecule has 1 atom stereocenters. The van der Waals surface area contributed by atoms with E-state index in [0.29, 0.717) is 11.9 Å². The van der Waals surface area contributed by atoms with Gasteiger partial charge >= 0.3 is 6.01 Å². The normalized spacial score (nSPS) is 21.7. The maximum absolute atomic E-state index is 5.87. The first-order chi connectivity index (χ1) is 7.59. The van der Waals surface area contributed by atoms with Crippen molar-refractivity contribution in [3.8, 4) is 0 Å². The summed E-state index contributed by atoms with van der Waals surface area (Å²) in [4.78, 5) is 0. The zero-order valence-electron chi connectivity index (χ0n) is 9.79. The Bertz CT molecular complexity index is 345. The van der Waals surface area contributed by atoms with Crippen LogP contribution in [0.3, 0.4) is 0 Å². The summed E-state index contributed by atoms with van der Waals surface area (Å²) >= 11 is 5.87. The van der Waals surface area contributed by atoms with Gasteiger partial charge in [-0.1, -0.05) is 24.4 Å². The van der Waals surface area contributed by atoms with Crippen LogP contribution in [0.5, 0.6) is 0 Å². The van der Waals surface area contributed by atoms with Gasteiger partial charge in [0, 0.05) is 5.54 Å². The lowest BCUT2D eigenvalue weighted by Crippen LogP contribution is -2.36. The molecule has 0 bridgehead atoms. The lowest BCUT2D eigenvalue weighted by molar-refractivity contribution is 0.338. The van der Waals surface area contributed by atoms with Gasteiger partial charge in [-0.2, -0.15) is 0 Å². The number of hydrogen-bond donors (Lipinski definition) is 1. The summed E-state index contributed by atoms with van der Waals surface area (Å²) in [5.41, 5.74) is 0.0948. The monoisotopic (exact) mass is 243 g/mol. The molecule has 4 nitrogen and oxygen atoms in total. The van der Waals surface area contributed by atoms with E-state index in [0.717, 1.165) is 12.8 Å². The molecular weight excluding hydrogens is 226 g/mol. The molecule has 5 heteroatoms. The molecule has 0 aliphatic heterocycles. The highest BCUT2D eigenvalue weighted by Gasteiger charge is 2.28. The minimum absolute atomic E-state index is 0.0948. The van der Waals surface area contributed by atoms with Crippen molar-refractivity contribution in [2.75, 3.05) is 5.32 Å². The molecule has 0 aromatic carbocycles. The fraction of sp³-hybridized carbons (Fsp3) is 0.818. The molecule has 1 aliphatic carbocycles. The number of nitrogens with one attached hydrogen (secondary N) is 1. The predicted octanol–water partition coefficient (Wildman–Crippen LogP) is 3.50. The molecule has 90 valence electrons. The van der Waals surface area contributed by atoms with Gasteiger partial charge < -0.3 is 9.73 Å². The minimum atomic E-state index is -0.234. The highest BCUT2D eigenvalue weighted by atomic mass is 35.5. The van der Waals surface area contributed by atoms with Crippen LogP contribution >= 0.6 is 11.6 Å². The van der Waals surface area contributed by atoms with E-state index in [-0.39, 0.29) is 10.9 Å². The van der Waals surface area contributed by atoms with Gasteiger partial charge in [-0.25, -0.2) is 0 Å². The van der Waals surface area contributed by atoms with E-state index in [1.807, 2.05) is 6.92 Å². The molecular formula is C11H18ClN3O. The van der Waals surface area contributed by atoms with Crippen LogP contribution in [0.15, 0.2) is 4.42 Å². The van der Waals surface area contributed by atoms with Crippen LogP contribution in [-0.4, -0.2) is 15.7 Å². The third kappa shape index (κ3) is 2.67. The van der Waals surface area contributed by atoms with E-state index in [4.69, 9.17) is 16.0 Å². The number of nitrogens with zero attached hydrogens (tertiary/aromatic N) is 2. The van der Waals surface area contributed by atoms with Crippen LogP contribution < -0.4 is 5.32 Å². The van der Waals surface area contributed by atoms with Crippen LogP contribution in [0.4, 0.5) is 6.01 Å². The van der Waals surface area contributed by atoms with Crippen molar-refractivity contribution in [1.29, 1.82) is 0 Å². The van der Waals surface area contributed by atoms with Gasteiger partial charge in [0.2, 0.25) is 5.89 Å². The maximum Gasteiger partial charge on any atom is 0.315 e. The largest absolute Gasteiger partial charge is 0.406 e. The maximum atomic E-state index is 5.87. The molecule has 1 heterocycles. The Balaban J connectivity index is 2.02. The quantitative estimate of drug-likeness (QED) is 0.826. The summed E-state index contributed by atoms with van der Waals surface area (Å²) in [6, 6.07) is 0.493. The SMILES string of the molecule is CC(Cl)c1nnc(NC2(C)CCCCC2)o1. The topological polar surface area (TPSA) is 51.0 Å². The molecule has 1 N–H and O–H groups in total. The van der Waals surface area contributed by atoms with Gasteiger partial charge in [0.25, 0.3) is 0 Å². The van der Waals surface area contributed by atoms with E-state index in [2.05, 4.69) is 22.4 Å². The average Bonchev–Trinajstić information content (AvgIpc) is 2.66. The average molecular weight is 244 g/mol. The first kappa shape index (κ1) is 11.7. The summed E-state index contributed by atoms with van der Waals surface area (Å²) in [6.07, 6.45) is 6.15. The lowest BCUT2D eigenvalue weighted by atomic mass is 9.83. The second kappa shape index (κ2) is 4.62. The summed E-state index contributed by atoms with van der Waals surface area (Å²) < 4.78 is 5.45. The summed E-state index contributed by atoms with van der Waals surface area (Å²) in [6.45, 7) is 4.03. The van der Waals surface area contributed by atoms with Crippen molar-refractivity contribution in [2.24, 2.45) is 0 Å². The number of halogens is 1. The molecule has 0 radical (unpaired) electrons. The molecule has 16 heavy (non-hydrogen) atoms. The van der Waals surface area contributed by atoms with E-state index in [9.17, 15) is 0 Å². The van der Waals surface area contributed by atoms with E-state index in [1.165, 1.54) is 19.3 Å². The molecule has 1 fully saturated rings. The van der Waals surface area contributed by atoms with Gasteiger partial charge in [-0.15, -0.1) is 16.7 Å². The van der Waals surface area contributed by atoms with Crippen LogP contribution in [0, 0.1) is 0 Å². The van der Waals surface area contributed by atoms with Gasteiger partial charge in [0.05, 0.1) is 0 Å². The second-order valence-corrected chi connectivity index (χ2v) is 5.46. The predicted molar refractivity (Wildman–Crippen MR) is 63.7 cm³/mol. The Labute approximate surface area is 101 Å². The molecule has 1 aromatic rings. The molecule has 2 rings (SSSR count). The first-order valence-electron chi connectivity index (χ1n) is 5.85. The molecule has 0 saturated heterocycles. The van der Waals surface area contributed by atoms with Crippen molar-refractivity contribution >= 4 is 17.6 Å². The molecule has 0 spiro atoms. The molecule has 1 aromatic heterocycles. The smallest absolute Gasteiger partial charge is 0.315 e. The molecule has 1 aliphatic rings. The molecule has 0 amide bonds. The van der Waals surface area contributed by atoms with Crippen molar-refractivity contribution in [3.05, 3.63) is 5.89 Å². The van der Waals surface area contributed by atoms with Crippen LogP contribution in [0.2, 0.25) is 0 Å². The van der Waals surface area contributed by atoms with Gasteiger partial charge in [0.1, 0.15) is 5.38 Å². The zero-order chi connectivity index (χ0) is 11.6. The third-order valence-corrected chi connectivity index (χ3v) is 3.33. The Hall–Kier alpha value is -0.770. The molecule has 1 saturated carbocycles. The lowest BCUT2D eigenvalue weighted by Gasteiger charge is -2.33. The minimum Gasteiger partial charge on any atom is -0.406 e. The fourth-order valence-corrected chi connectivity index (χ4v) is 2.25. The fourth-order valence-electron chi connectivity index (χ4n) is 2.16. The second-order valence-electron chi connectivity index (χ2n) is 4.81.